The van der Waals surface area contributed by atoms with Crippen LogP contribution in [0.15, 0.2) is 16.3 Å². The molecule has 23 heavy (non-hydrogen) atoms. The van der Waals surface area contributed by atoms with E-state index >= 15 is 0 Å². The van der Waals surface area contributed by atoms with Gasteiger partial charge in [-0.3, -0.25) is 4.79 Å². The molecule has 2 N–H and O–H groups in total. The highest BCUT2D eigenvalue weighted by Gasteiger charge is 2.25. The summed E-state index contributed by atoms with van der Waals surface area (Å²) in [6, 6.07) is 1.41. The topological polar surface area (TPSA) is 87.7 Å². The molecule has 2 rings (SSSR count). The Labute approximate surface area is 141 Å². The number of nitrogens with zero attached hydrogens (tertiary/aromatic N) is 1. The van der Waals surface area contributed by atoms with E-state index < -0.39 is 10.0 Å². The van der Waals surface area contributed by atoms with Crippen molar-refractivity contribution in [3.05, 3.63) is 16.3 Å². The van der Waals surface area contributed by atoms with E-state index in [1.54, 1.807) is 7.11 Å². The zero-order chi connectivity index (χ0) is 16.9. The molecule has 0 radical (unpaired) electrons. The molecule has 1 aromatic rings. The first-order valence-corrected chi connectivity index (χ1v) is 9.84. The zero-order valence-electron chi connectivity index (χ0n) is 13.4. The third kappa shape index (κ3) is 4.98. The van der Waals surface area contributed by atoms with Crippen LogP contribution in [0.1, 0.15) is 16.1 Å². The molecule has 2 heterocycles. The maximum absolute atomic E-state index is 12.3. The number of hydrogen-bond acceptors (Lipinski definition) is 6. The second-order valence-corrected chi connectivity index (χ2v) is 8.20. The Hall–Kier alpha value is -1.00. The molecule has 7 nitrogen and oxygen atoms in total. The van der Waals surface area contributed by atoms with Crippen molar-refractivity contribution in [1.29, 1.82) is 0 Å². The summed E-state index contributed by atoms with van der Waals surface area (Å²) in [6.45, 7) is 3.82. The first-order chi connectivity index (χ1) is 11.0. The molecule has 1 aliphatic rings. The van der Waals surface area contributed by atoms with Gasteiger partial charge in [0, 0.05) is 39.2 Å². The molecule has 0 unspecified atom stereocenters. The zero-order valence-corrected chi connectivity index (χ0v) is 15.0. The van der Waals surface area contributed by atoms with Crippen molar-refractivity contribution in [2.75, 3.05) is 46.9 Å². The third-order valence-electron chi connectivity index (χ3n) is 3.88. The van der Waals surface area contributed by atoms with Crippen LogP contribution in [0, 0.1) is 5.92 Å². The van der Waals surface area contributed by atoms with Gasteiger partial charge in [-0.2, -0.15) is 0 Å². The van der Waals surface area contributed by atoms with Gasteiger partial charge in [0.1, 0.15) is 0 Å². The minimum Gasteiger partial charge on any atom is -0.383 e. The highest BCUT2D eigenvalue weighted by molar-refractivity contribution is 7.89. The number of amides is 1. The van der Waals surface area contributed by atoms with Gasteiger partial charge in [0.15, 0.2) is 0 Å². The molecule has 1 aliphatic heterocycles. The number of sulfonamides is 1. The molecular weight excluding hydrogens is 338 g/mol. The molecule has 0 aliphatic carbocycles. The molecule has 9 heteroatoms. The number of likely N-dealkylation sites (tertiary alicyclic amines) is 1. The van der Waals surface area contributed by atoms with Gasteiger partial charge in [-0.05, 0) is 24.9 Å². The van der Waals surface area contributed by atoms with Crippen molar-refractivity contribution in [2.24, 2.45) is 5.92 Å². The second kappa shape index (κ2) is 8.20. The Morgan fingerprint density at radius 3 is 3.00 bits per heavy atom. The maximum Gasteiger partial charge on any atom is 0.261 e. The normalized spacial score (nSPS) is 19.1. The van der Waals surface area contributed by atoms with Gasteiger partial charge in [0.25, 0.3) is 5.91 Å². The molecule has 0 aromatic carbocycles. The van der Waals surface area contributed by atoms with Crippen LogP contribution >= 0.6 is 11.3 Å². The van der Waals surface area contributed by atoms with E-state index in [1.807, 2.05) is 0 Å². The summed E-state index contributed by atoms with van der Waals surface area (Å²) < 4.78 is 32.3. The Kier molecular flexibility index (Phi) is 6.54. The Morgan fingerprint density at radius 2 is 2.30 bits per heavy atom. The SMILES string of the molecule is CNC(=O)c1cc(S(=O)(=O)NC[C@H]2CCN(CCOC)C2)cs1. The smallest absolute Gasteiger partial charge is 0.261 e. The van der Waals surface area contributed by atoms with E-state index in [9.17, 15) is 13.2 Å². The van der Waals surface area contributed by atoms with Gasteiger partial charge in [-0.1, -0.05) is 0 Å². The molecule has 1 fully saturated rings. The predicted molar refractivity (Wildman–Crippen MR) is 89.3 cm³/mol. The van der Waals surface area contributed by atoms with E-state index in [0.29, 0.717) is 23.9 Å². The van der Waals surface area contributed by atoms with Crippen LogP contribution in [0.4, 0.5) is 0 Å². The van der Waals surface area contributed by atoms with E-state index in [-0.39, 0.29) is 10.8 Å². The van der Waals surface area contributed by atoms with Crippen molar-refractivity contribution in [3.63, 3.8) is 0 Å². The maximum atomic E-state index is 12.3. The van der Waals surface area contributed by atoms with Crippen molar-refractivity contribution in [2.45, 2.75) is 11.3 Å². The molecule has 0 bridgehead atoms. The fraction of sp³-hybridized carbons (Fsp3) is 0.643. The van der Waals surface area contributed by atoms with Gasteiger partial charge < -0.3 is 15.0 Å². The average Bonchev–Trinajstić information content (AvgIpc) is 3.20. The number of ether oxygens (including phenoxy) is 1. The molecule has 1 saturated heterocycles. The number of methoxy groups -OCH3 is 1. The van der Waals surface area contributed by atoms with Crippen molar-refractivity contribution in [3.8, 4) is 0 Å². The molecule has 130 valence electrons. The monoisotopic (exact) mass is 361 g/mol. The molecular formula is C14H23N3O4S2. The third-order valence-corrected chi connectivity index (χ3v) is 6.36. The van der Waals surface area contributed by atoms with Gasteiger partial charge in [-0.15, -0.1) is 11.3 Å². The van der Waals surface area contributed by atoms with Gasteiger partial charge in [0.2, 0.25) is 10.0 Å². The minimum atomic E-state index is -3.57. The molecule has 1 atom stereocenters. The highest BCUT2D eigenvalue weighted by atomic mass is 32.2. The average molecular weight is 361 g/mol. The van der Waals surface area contributed by atoms with Crippen LogP contribution in [0.25, 0.3) is 0 Å². The first-order valence-electron chi connectivity index (χ1n) is 7.48. The van der Waals surface area contributed by atoms with E-state index in [1.165, 1.54) is 18.5 Å². The molecule has 1 aromatic heterocycles. The molecule has 0 saturated carbocycles. The summed E-state index contributed by atoms with van der Waals surface area (Å²) in [6.07, 6.45) is 0.972. The Morgan fingerprint density at radius 1 is 1.52 bits per heavy atom. The quantitative estimate of drug-likeness (QED) is 0.698. The Bertz CT molecular complexity index is 630. The number of carbonyl (C=O) groups is 1. The fourth-order valence-electron chi connectivity index (χ4n) is 2.52. The van der Waals surface area contributed by atoms with Crippen LogP contribution in [0.5, 0.6) is 0 Å². The number of rotatable bonds is 8. The van der Waals surface area contributed by atoms with Crippen molar-refractivity contribution >= 4 is 27.3 Å². The van der Waals surface area contributed by atoms with Crippen LogP contribution in [-0.2, 0) is 14.8 Å². The number of carbonyl (C=O) groups excluding carboxylic acids is 1. The lowest BCUT2D eigenvalue weighted by Crippen LogP contribution is -2.31. The van der Waals surface area contributed by atoms with Gasteiger partial charge >= 0.3 is 0 Å². The summed E-state index contributed by atoms with van der Waals surface area (Å²) in [5.74, 6) is 0.0275. The summed E-state index contributed by atoms with van der Waals surface area (Å²) in [7, 11) is -0.372. The van der Waals surface area contributed by atoms with E-state index in [2.05, 4.69) is 14.9 Å². The Balaban J connectivity index is 1.87. The highest BCUT2D eigenvalue weighted by Crippen LogP contribution is 2.20. The van der Waals surface area contributed by atoms with Crippen LogP contribution in [-0.4, -0.2) is 66.2 Å². The van der Waals surface area contributed by atoms with E-state index in [0.717, 1.165) is 37.4 Å². The minimum absolute atomic E-state index is 0.148. The van der Waals surface area contributed by atoms with Crippen molar-refractivity contribution < 1.29 is 17.9 Å². The summed E-state index contributed by atoms with van der Waals surface area (Å²) >= 11 is 1.12. The lowest BCUT2D eigenvalue weighted by atomic mass is 10.1. The van der Waals surface area contributed by atoms with E-state index in [4.69, 9.17) is 4.74 Å². The number of hydrogen-bond donors (Lipinski definition) is 2. The van der Waals surface area contributed by atoms with Gasteiger partial charge in [-0.25, -0.2) is 13.1 Å². The molecule has 1 amide bonds. The predicted octanol–water partition coefficient (Wildman–Crippen LogP) is 0.354. The van der Waals surface area contributed by atoms with Crippen LogP contribution in [0.3, 0.4) is 0 Å². The van der Waals surface area contributed by atoms with Gasteiger partial charge in [0.05, 0.1) is 16.4 Å². The fourth-order valence-corrected chi connectivity index (χ4v) is 4.85. The number of nitrogens with one attached hydrogen (secondary N) is 2. The standard InChI is InChI=1S/C14H23N3O4S2/c1-15-14(18)13-7-12(10-22-13)23(19,20)16-8-11-3-4-17(9-11)5-6-21-2/h7,10-11,16H,3-6,8-9H2,1-2H3,(H,15,18)/t11-/m1/s1. The summed E-state index contributed by atoms with van der Waals surface area (Å²) in [5, 5.41) is 3.98. The first kappa shape index (κ1) is 18.3. The van der Waals surface area contributed by atoms with Crippen LogP contribution in [0.2, 0.25) is 0 Å². The lowest BCUT2D eigenvalue weighted by Gasteiger charge is -2.15. The van der Waals surface area contributed by atoms with Crippen LogP contribution < -0.4 is 10.0 Å². The lowest BCUT2D eigenvalue weighted by molar-refractivity contribution is 0.0967. The summed E-state index contributed by atoms with van der Waals surface area (Å²) in [4.78, 5) is 14.3. The molecule has 0 spiro atoms. The van der Waals surface area contributed by atoms with Crippen molar-refractivity contribution in [1.82, 2.24) is 14.9 Å². The largest absolute Gasteiger partial charge is 0.383 e. The number of thiophene rings is 1. The summed E-state index contributed by atoms with van der Waals surface area (Å²) in [5.41, 5.74) is 0. The second-order valence-electron chi connectivity index (χ2n) is 5.53.